The lowest BCUT2D eigenvalue weighted by Crippen LogP contribution is -2.16. The van der Waals surface area contributed by atoms with Gasteiger partial charge in [-0.1, -0.05) is 23.7 Å². The molecular formula is C23H24ClN3O4. The molecule has 0 bridgehead atoms. The zero-order chi connectivity index (χ0) is 21.6. The van der Waals surface area contributed by atoms with Crippen molar-refractivity contribution >= 4 is 17.4 Å². The van der Waals surface area contributed by atoms with Crippen molar-refractivity contribution in [3.63, 3.8) is 0 Å². The molecule has 1 saturated heterocycles. The van der Waals surface area contributed by atoms with E-state index in [9.17, 15) is 5.11 Å². The molecule has 162 valence electrons. The van der Waals surface area contributed by atoms with Gasteiger partial charge in [0.2, 0.25) is 0 Å². The maximum absolute atomic E-state index is 9.85. The van der Waals surface area contributed by atoms with Crippen LogP contribution >= 0.6 is 11.6 Å². The number of rotatable bonds is 8. The Balaban J connectivity index is 1.56. The first-order valence-corrected chi connectivity index (χ1v) is 10.4. The largest absolute Gasteiger partial charge is 0.504 e. The van der Waals surface area contributed by atoms with Gasteiger partial charge in [0.05, 0.1) is 44.5 Å². The quantitative estimate of drug-likeness (QED) is 0.518. The number of nitrogens with one attached hydrogen (secondary N) is 1. The average Bonchev–Trinajstić information content (AvgIpc) is 3.31. The van der Waals surface area contributed by atoms with Crippen LogP contribution in [0.3, 0.4) is 0 Å². The van der Waals surface area contributed by atoms with Crippen molar-refractivity contribution in [2.45, 2.75) is 25.2 Å². The molecule has 1 fully saturated rings. The van der Waals surface area contributed by atoms with Crippen LogP contribution in [0.15, 0.2) is 54.9 Å². The number of nitrogens with zero attached hydrogens (tertiary/aromatic N) is 2. The van der Waals surface area contributed by atoms with Gasteiger partial charge in [-0.3, -0.25) is 4.98 Å². The first-order valence-electron chi connectivity index (χ1n) is 10.1. The Bertz CT molecular complexity index is 1030. The number of hydrogen-bond acceptors (Lipinski definition) is 7. The maximum atomic E-state index is 9.85. The molecule has 8 heteroatoms. The molecule has 1 unspecified atom stereocenters. The van der Waals surface area contributed by atoms with Crippen LogP contribution < -0.4 is 10.1 Å². The van der Waals surface area contributed by atoms with Gasteiger partial charge in [-0.05, 0) is 42.3 Å². The second-order valence-electron chi connectivity index (χ2n) is 7.18. The molecule has 1 aliphatic heterocycles. The van der Waals surface area contributed by atoms with Crippen LogP contribution in [0.1, 0.15) is 24.4 Å². The third kappa shape index (κ3) is 5.44. The second-order valence-corrected chi connectivity index (χ2v) is 7.61. The van der Waals surface area contributed by atoms with Crippen molar-refractivity contribution in [2.75, 3.05) is 25.6 Å². The van der Waals surface area contributed by atoms with Crippen LogP contribution in [0.25, 0.3) is 11.3 Å². The van der Waals surface area contributed by atoms with Gasteiger partial charge >= 0.3 is 0 Å². The highest BCUT2D eigenvalue weighted by atomic mass is 35.5. The van der Waals surface area contributed by atoms with Crippen LogP contribution in [0, 0.1) is 0 Å². The maximum Gasteiger partial charge on any atom is 0.161 e. The zero-order valence-corrected chi connectivity index (χ0v) is 17.9. The number of ether oxygens (including phenoxy) is 3. The van der Waals surface area contributed by atoms with Crippen molar-refractivity contribution in [3.8, 4) is 22.8 Å². The Labute approximate surface area is 186 Å². The average molecular weight is 442 g/mol. The number of hydrogen-bond donors (Lipinski definition) is 2. The highest BCUT2D eigenvalue weighted by Crippen LogP contribution is 2.32. The summed E-state index contributed by atoms with van der Waals surface area (Å²) in [5.74, 6) is 1.08. The monoisotopic (exact) mass is 441 g/mol. The summed E-state index contributed by atoms with van der Waals surface area (Å²) >= 11 is 6.23. The second kappa shape index (κ2) is 9.96. The van der Waals surface area contributed by atoms with Crippen molar-refractivity contribution in [3.05, 3.63) is 65.4 Å². The summed E-state index contributed by atoms with van der Waals surface area (Å²) in [5, 5.41) is 14.0. The normalized spacial score (nSPS) is 15.0. The third-order valence-corrected chi connectivity index (χ3v) is 5.30. The summed E-state index contributed by atoms with van der Waals surface area (Å²) in [6.45, 7) is 1.26. The van der Waals surface area contributed by atoms with Gasteiger partial charge in [-0.2, -0.15) is 0 Å². The molecule has 0 amide bonds. The van der Waals surface area contributed by atoms with E-state index in [1.165, 1.54) is 7.11 Å². The van der Waals surface area contributed by atoms with Crippen molar-refractivity contribution < 1.29 is 19.3 Å². The van der Waals surface area contributed by atoms with E-state index in [1.807, 2.05) is 24.3 Å². The topological polar surface area (TPSA) is 85.7 Å². The molecule has 0 saturated carbocycles. The van der Waals surface area contributed by atoms with E-state index >= 15 is 0 Å². The number of anilines is 1. The van der Waals surface area contributed by atoms with Gasteiger partial charge in [0.25, 0.3) is 0 Å². The van der Waals surface area contributed by atoms with Gasteiger partial charge in [0.1, 0.15) is 5.82 Å². The molecule has 2 aromatic carbocycles. The molecule has 2 N–H and O–H groups in total. The van der Waals surface area contributed by atoms with Crippen molar-refractivity contribution in [1.82, 2.24) is 9.97 Å². The number of aromatic hydroxyl groups is 1. The minimum absolute atomic E-state index is 0.0506. The van der Waals surface area contributed by atoms with Gasteiger partial charge in [-0.25, -0.2) is 4.98 Å². The number of methoxy groups -OCH3 is 1. The van der Waals surface area contributed by atoms with E-state index in [-0.39, 0.29) is 18.1 Å². The zero-order valence-electron chi connectivity index (χ0n) is 17.1. The summed E-state index contributed by atoms with van der Waals surface area (Å²) in [6, 6.07) is 12.8. The third-order valence-electron chi connectivity index (χ3n) is 5.07. The molecule has 1 aromatic heterocycles. The number of phenols is 1. The molecule has 1 atom stereocenters. The van der Waals surface area contributed by atoms with Gasteiger partial charge in [-0.15, -0.1) is 0 Å². The molecule has 3 aromatic rings. The standard InChI is InChI=1S/C23H24ClN3O4/c1-29-21-12-16(5-7-20(21)28)19-13-25-14-22(27-19)26-18(6-8-23-30-9-10-31-23)15-3-2-4-17(24)11-15/h2-5,7,11-14,18,23,28H,6,8-10H2,1H3,(H,26,27). The molecule has 4 rings (SSSR count). The van der Waals surface area contributed by atoms with E-state index in [0.29, 0.717) is 35.5 Å². The minimum atomic E-state index is -0.189. The highest BCUT2D eigenvalue weighted by Gasteiger charge is 2.20. The van der Waals surface area contributed by atoms with Gasteiger partial charge in [0.15, 0.2) is 17.8 Å². The summed E-state index contributed by atoms with van der Waals surface area (Å²) in [7, 11) is 1.51. The number of aromatic nitrogens is 2. The lowest BCUT2D eigenvalue weighted by molar-refractivity contribution is -0.0484. The van der Waals surface area contributed by atoms with Gasteiger partial charge in [0, 0.05) is 17.0 Å². The first-order chi connectivity index (χ1) is 15.1. The smallest absolute Gasteiger partial charge is 0.161 e. The van der Waals surface area contributed by atoms with Crippen LogP contribution in [0.2, 0.25) is 5.02 Å². The molecule has 7 nitrogen and oxygen atoms in total. The Kier molecular flexibility index (Phi) is 6.86. The molecule has 31 heavy (non-hydrogen) atoms. The Hall–Kier alpha value is -2.87. The predicted molar refractivity (Wildman–Crippen MR) is 118 cm³/mol. The molecule has 1 aliphatic rings. The Morgan fingerprint density at radius 3 is 2.81 bits per heavy atom. The summed E-state index contributed by atoms with van der Waals surface area (Å²) < 4.78 is 16.4. The fourth-order valence-electron chi connectivity index (χ4n) is 3.51. The SMILES string of the molecule is COc1cc(-c2cncc(NC(CCC3OCCO3)c3cccc(Cl)c3)n2)ccc1O. The molecule has 0 radical (unpaired) electrons. The first kappa shape index (κ1) is 21.4. The lowest BCUT2D eigenvalue weighted by atomic mass is 10.0. The van der Waals surface area contributed by atoms with E-state index in [0.717, 1.165) is 24.0 Å². The fraction of sp³-hybridized carbons (Fsp3) is 0.304. The van der Waals surface area contributed by atoms with Crippen LogP contribution in [-0.2, 0) is 9.47 Å². The van der Waals surface area contributed by atoms with Crippen molar-refractivity contribution in [1.29, 1.82) is 0 Å². The van der Waals surface area contributed by atoms with E-state index in [2.05, 4.69) is 10.3 Å². The van der Waals surface area contributed by atoms with Gasteiger partial charge < -0.3 is 24.6 Å². The van der Waals surface area contributed by atoms with E-state index in [4.69, 9.17) is 30.8 Å². The molecule has 0 aliphatic carbocycles. The van der Waals surface area contributed by atoms with Crippen LogP contribution in [0.5, 0.6) is 11.5 Å². The number of halogens is 1. The van der Waals surface area contributed by atoms with Crippen molar-refractivity contribution in [2.24, 2.45) is 0 Å². The predicted octanol–water partition coefficient (Wildman–Crippen LogP) is 4.82. The molecule has 0 spiro atoms. The fourth-order valence-corrected chi connectivity index (χ4v) is 3.71. The van der Waals surface area contributed by atoms with Crippen LogP contribution in [-0.4, -0.2) is 41.7 Å². The van der Waals surface area contributed by atoms with E-state index < -0.39 is 0 Å². The molecule has 2 heterocycles. The number of benzene rings is 2. The Morgan fingerprint density at radius 1 is 1.19 bits per heavy atom. The minimum Gasteiger partial charge on any atom is -0.504 e. The van der Waals surface area contributed by atoms with E-state index in [1.54, 1.807) is 30.6 Å². The summed E-state index contributed by atoms with van der Waals surface area (Å²) in [6.07, 6.45) is 4.67. The summed E-state index contributed by atoms with van der Waals surface area (Å²) in [5.41, 5.74) is 2.50. The number of phenolic OH excluding ortho intramolecular Hbond substituents is 1. The lowest BCUT2D eigenvalue weighted by Gasteiger charge is -2.21. The Morgan fingerprint density at radius 2 is 2.03 bits per heavy atom. The van der Waals surface area contributed by atoms with Crippen LogP contribution in [0.4, 0.5) is 5.82 Å². The highest BCUT2D eigenvalue weighted by molar-refractivity contribution is 6.30. The molecular weight excluding hydrogens is 418 g/mol. The summed E-state index contributed by atoms with van der Waals surface area (Å²) in [4.78, 5) is 9.05.